The van der Waals surface area contributed by atoms with Crippen LogP contribution in [-0.4, -0.2) is 42.0 Å². The Balaban J connectivity index is 1.73. The molecule has 0 saturated heterocycles. The SMILES string of the molecule is CCCCc1ccc2c(n1)C(c1ccc(OC)cc1C[C@H](C)C(=O)O)[C@H](C(=O)OC(C)C)C2c1ccc2c(c1)OCO2. The maximum absolute atomic E-state index is 14.1. The maximum atomic E-state index is 14.1. The zero-order valence-electron chi connectivity index (χ0n) is 24.9. The number of hydrogen-bond acceptors (Lipinski definition) is 7. The van der Waals surface area contributed by atoms with Crippen LogP contribution in [0.2, 0.25) is 0 Å². The molecule has 0 radical (unpaired) electrons. The van der Waals surface area contributed by atoms with Crippen molar-refractivity contribution >= 4 is 11.9 Å². The molecular weight excluding hydrogens is 534 g/mol. The van der Waals surface area contributed by atoms with Crippen molar-refractivity contribution in [3.05, 3.63) is 82.2 Å². The Kier molecular flexibility index (Phi) is 8.71. The smallest absolute Gasteiger partial charge is 0.311 e. The summed E-state index contributed by atoms with van der Waals surface area (Å²) in [5.74, 6) is -1.35. The van der Waals surface area contributed by atoms with Crippen molar-refractivity contribution in [2.24, 2.45) is 11.8 Å². The number of esters is 1. The molecule has 2 heterocycles. The van der Waals surface area contributed by atoms with Gasteiger partial charge < -0.3 is 24.1 Å². The number of pyridine rings is 1. The molecule has 42 heavy (non-hydrogen) atoms. The molecule has 0 bridgehead atoms. The van der Waals surface area contributed by atoms with Crippen LogP contribution in [0.4, 0.5) is 0 Å². The number of carboxylic acid groups (broad SMARTS) is 1. The number of carbonyl (C=O) groups excluding carboxylic acids is 1. The van der Waals surface area contributed by atoms with Crippen LogP contribution < -0.4 is 14.2 Å². The monoisotopic (exact) mass is 573 g/mol. The van der Waals surface area contributed by atoms with Crippen molar-refractivity contribution < 1.29 is 33.6 Å². The van der Waals surface area contributed by atoms with E-state index in [1.165, 1.54) is 0 Å². The van der Waals surface area contributed by atoms with Crippen molar-refractivity contribution in [3.63, 3.8) is 0 Å². The molecule has 8 nitrogen and oxygen atoms in total. The molecule has 2 aliphatic rings. The van der Waals surface area contributed by atoms with Gasteiger partial charge >= 0.3 is 11.9 Å². The summed E-state index contributed by atoms with van der Waals surface area (Å²) < 4.78 is 22.7. The lowest BCUT2D eigenvalue weighted by atomic mass is 9.78. The number of carbonyl (C=O) groups is 2. The normalized spacial score (nSPS) is 19.4. The Hall–Kier alpha value is -4.07. The number of aryl methyl sites for hydroxylation is 1. The van der Waals surface area contributed by atoms with Gasteiger partial charge in [0, 0.05) is 17.5 Å². The molecule has 0 fully saturated rings. The summed E-state index contributed by atoms with van der Waals surface area (Å²) in [7, 11) is 1.59. The second kappa shape index (κ2) is 12.4. The Morgan fingerprint density at radius 1 is 1.00 bits per heavy atom. The van der Waals surface area contributed by atoms with E-state index in [9.17, 15) is 14.7 Å². The first-order chi connectivity index (χ1) is 20.2. The summed E-state index contributed by atoms with van der Waals surface area (Å²) in [6, 6.07) is 15.7. The largest absolute Gasteiger partial charge is 0.497 e. The molecule has 4 atom stereocenters. The minimum absolute atomic E-state index is 0.154. The first-order valence-electron chi connectivity index (χ1n) is 14.7. The summed E-state index contributed by atoms with van der Waals surface area (Å²) in [6.45, 7) is 7.69. The van der Waals surface area contributed by atoms with Gasteiger partial charge in [-0.2, -0.15) is 0 Å². The van der Waals surface area contributed by atoms with E-state index in [2.05, 4.69) is 19.1 Å². The number of aromatic nitrogens is 1. The van der Waals surface area contributed by atoms with Crippen LogP contribution in [0.5, 0.6) is 17.2 Å². The predicted molar refractivity (Wildman–Crippen MR) is 157 cm³/mol. The Morgan fingerprint density at radius 2 is 1.76 bits per heavy atom. The van der Waals surface area contributed by atoms with Gasteiger partial charge in [-0.05, 0) is 85.7 Å². The van der Waals surface area contributed by atoms with E-state index in [1.807, 2.05) is 50.2 Å². The highest BCUT2D eigenvalue weighted by molar-refractivity contribution is 5.80. The molecule has 222 valence electrons. The Bertz CT molecular complexity index is 1470. The predicted octanol–water partition coefficient (Wildman–Crippen LogP) is 6.27. The van der Waals surface area contributed by atoms with Gasteiger partial charge in [0.1, 0.15) is 5.75 Å². The van der Waals surface area contributed by atoms with Crippen molar-refractivity contribution in [2.45, 2.75) is 71.3 Å². The molecule has 2 aromatic carbocycles. The van der Waals surface area contributed by atoms with Gasteiger partial charge in [0.2, 0.25) is 6.79 Å². The summed E-state index contributed by atoms with van der Waals surface area (Å²) >= 11 is 0. The summed E-state index contributed by atoms with van der Waals surface area (Å²) in [4.78, 5) is 31.2. The number of fused-ring (bicyclic) bond motifs is 2. The second-order valence-electron chi connectivity index (χ2n) is 11.5. The number of carboxylic acids is 1. The zero-order chi connectivity index (χ0) is 30.0. The van der Waals surface area contributed by atoms with Gasteiger partial charge in [-0.15, -0.1) is 0 Å². The van der Waals surface area contributed by atoms with E-state index >= 15 is 0 Å². The highest BCUT2D eigenvalue weighted by Crippen LogP contribution is 2.54. The number of benzene rings is 2. The number of nitrogens with zero attached hydrogens (tertiary/aromatic N) is 1. The molecule has 5 rings (SSSR count). The lowest BCUT2D eigenvalue weighted by molar-refractivity contribution is -0.153. The second-order valence-corrected chi connectivity index (χ2v) is 11.5. The van der Waals surface area contributed by atoms with Crippen molar-refractivity contribution in [2.75, 3.05) is 13.9 Å². The first kappa shape index (κ1) is 29.4. The fourth-order valence-electron chi connectivity index (χ4n) is 6.12. The van der Waals surface area contributed by atoms with Gasteiger partial charge in [-0.3, -0.25) is 14.6 Å². The third kappa shape index (κ3) is 5.80. The number of hydrogen-bond donors (Lipinski definition) is 1. The molecule has 1 aliphatic heterocycles. The fraction of sp³-hybridized carbons (Fsp3) is 0.441. The topological polar surface area (TPSA) is 104 Å². The molecule has 1 aliphatic carbocycles. The van der Waals surface area contributed by atoms with E-state index in [1.54, 1.807) is 14.0 Å². The summed E-state index contributed by atoms with van der Waals surface area (Å²) in [6.07, 6.45) is 2.85. The van der Waals surface area contributed by atoms with E-state index in [0.29, 0.717) is 17.2 Å². The van der Waals surface area contributed by atoms with Crippen LogP contribution in [0, 0.1) is 11.8 Å². The van der Waals surface area contributed by atoms with Gasteiger partial charge in [-0.1, -0.05) is 38.5 Å². The van der Waals surface area contributed by atoms with Crippen LogP contribution in [0.25, 0.3) is 0 Å². The van der Waals surface area contributed by atoms with Crippen LogP contribution in [0.1, 0.15) is 86.0 Å². The lowest BCUT2D eigenvalue weighted by Crippen LogP contribution is -2.29. The van der Waals surface area contributed by atoms with Gasteiger partial charge in [0.25, 0.3) is 0 Å². The number of unbranched alkanes of at least 4 members (excludes halogenated alkanes) is 1. The first-order valence-corrected chi connectivity index (χ1v) is 14.7. The van der Waals surface area contributed by atoms with Gasteiger partial charge in [0.05, 0.1) is 30.7 Å². The molecule has 2 unspecified atom stereocenters. The molecule has 8 heteroatoms. The van der Waals surface area contributed by atoms with Crippen LogP contribution in [0.15, 0.2) is 48.5 Å². The van der Waals surface area contributed by atoms with Crippen LogP contribution in [0.3, 0.4) is 0 Å². The Labute approximate surface area is 247 Å². The number of ether oxygens (including phenoxy) is 4. The number of methoxy groups -OCH3 is 1. The van der Waals surface area contributed by atoms with E-state index in [0.717, 1.165) is 52.9 Å². The van der Waals surface area contributed by atoms with Crippen molar-refractivity contribution in [1.82, 2.24) is 4.98 Å². The van der Waals surface area contributed by atoms with Crippen molar-refractivity contribution in [1.29, 1.82) is 0 Å². The molecule has 1 aromatic heterocycles. The molecule has 0 saturated carbocycles. The third-order valence-electron chi connectivity index (χ3n) is 8.16. The average molecular weight is 574 g/mol. The van der Waals surface area contributed by atoms with E-state index in [-0.39, 0.29) is 31.2 Å². The molecule has 1 N–H and O–H groups in total. The quantitative estimate of drug-likeness (QED) is 0.268. The fourth-order valence-corrected chi connectivity index (χ4v) is 6.12. The summed E-state index contributed by atoms with van der Waals surface area (Å²) in [5.41, 5.74) is 5.33. The average Bonchev–Trinajstić information content (AvgIpc) is 3.57. The third-order valence-corrected chi connectivity index (χ3v) is 8.16. The zero-order valence-corrected chi connectivity index (χ0v) is 24.9. The van der Waals surface area contributed by atoms with E-state index < -0.39 is 23.7 Å². The van der Waals surface area contributed by atoms with E-state index in [4.69, 9.17) is 23.9 Å². The minimum atomic E-state index is -0.885. The standard InChI is InChI=1S/C34H39NO7/c1-6-7-8-23-10-12-26-29(21-9-14-27-28(17-21)41-18-40-27)31(34(38)42-19(2)3)30(32(26)35-23)25-13-11-24(39-5)16-22(25)15-20(4)33(36)37/h9-14,16-17,19-20,29-31H,6-8,15,18H2,1-5H3,(H,36,37)/t20-,29?,30?,31+/m0/s1. The molecule has 0 spiro atoms. The highest BCUT2D eigenvalue weighted by atomic mass is 16.7. The van der Waals surface area contributed by atoms with Gasteiger partial charge in [-0.25, -0.2) is 0 Å². The maximum Gasteiger partial charge on any atom is 0.311 e. The molecule has 3 aromatic rings. The molecular formula is C34H39NO7. The number of rotatable bonds is 11. The molecule has 0 amide bonds. The van der Waals surface area contributed by atoms with Crippen LogP contribution in [-0.2, 0) is 27.2 Å². The highest BCUT2D eigenvalue weighted by Gasteiger charge is 2.49. The Morgan fingerprint density at radius 3 is 2.48 bits per heavy atom. The minimum Gasteiger partial charge on any atom is -0.497 e. The van der Waals surface area contributed by atoms with Crippen molar-refractivity contribution in [3.8, 4) is 17.2 Å². The van der Waals surface area contributed by atoms with Gasteiger partial charge in [0.15, 0.2) is 11.5 Å². The number of aliphatic carboxylic acids is 1. The van der Waals surface area contributed by atoms with Crippen LogP contribution >= 0.6 is 0 Å². The summed E-state index contributed by atoms with van der Waals surface area (Å²) in [5, 5.41) is 9.77. The lowest BCUT2D eigenvalue weighted by Gasteiger charge is -2.27.